The Morgan fingerprint density at radius 2 is 1.85 bits per heavy atom. The minimum Gasteiger partial charge on any atom is -0.331 e. The molecule has 1 aromatic heterocycles. The summed E-state index contributed by atoms with van der Waals surface area (Å²) in [6.45, 7) is 6.27. The van der Waals surface area contributed by atoms with Crippen LogP contribution in [0.25, 0.3) is 11.0 Å². The molecular formula is C11H14N2. The van der Waals surface area contributed by atoms with Gasteiger partial charge < -0.3 is 4.57 Å². The van der Waals surface area contributed by atoms with E-state index in [1.807, 2.05) is 6.92 Å². The molecule has 0 amide bonds. The molecule has 1 heterocycles. The molecule has 68 valence electrons. The van der Waals surface area contributed by atoms with E-state index in [0.29, 0.717) is 0 Å². The summed E-state index contributed by atoms with van der Waals surface area (Å²) in [5.74, 6) is 1.07. The summed E-state index contributed by atoms with van der Waals surface area (Å²) in [4.78, 5) is 4.52. The fourth-order valence-electron chi connectivity index (χ4n) is 1.75. The van der Waals surface area contributed by atoms with Crippen LogP contribution in [0.5, 0.6) is 0 Å². The first-order valence-corrected chi connectivity index (χ1v) is 4.50. The van der Waals surface area contributed by atoms with Gasteiger partial charge in [-0.1, -0.05) is 6.07 Å². The first kappa shape index (κ1) is 8.30. The molecule has 0 aliphatic rings. The van der Waals surface area contributed by atoms with Crippen LogP contribution < -0.4 is 0 Å². The highest BCUT2D eigenvalue weighted by molar-refractivity contribution is 5.80. The second-order valence-electron chi connectivity index (χ2n) is 3.67. The van der Waals surface area contributed by atoms with Gasteiger partial charge in [0.2, 0.25) is 0 Å². The number of hydrogen-bond donors (Lipinski definition) is 0. The fraction of sp³-hybridized carbons (Fsp3) is 0.364. The van der Waals surface area contributed by atoms with Crippen LogP contribution in [0.1, 0.15) is 17.0 Å². The van der Waals surface area contributed by atoms with Gasteiger partial charge in [0.15, 0.2) is 0 Å². The maximum absolute atomic E-state index is 4.52. The van der Waals surface area contributed by atoms with Crippen LogP contribution >= 0.6 is 0 Å². The van der Waals surface area contributed by atoms with Gasteiger partial charge in [-0.15, -0.1) is 0 Å². The van der Waals surface area contributed by atoms with Crippen molar-refractivity contribution in [3.63, 3.8) is 0 Å². The summed E-state index contributed by atoms with van der Waals surface area (Å²) in [5, 5.41) is 0. The first-order valence-electron chi connectivity index (χ1n) is 4.50. The second-order valence-corrected chi connectivity index (χ2v) is 3.67. The van der Waals surface area contributed by atoms with Crippen molar-refractivity contribution in [2.45, 2.75) is 20.8 Å². The van der Waals surface area contributed by atoms with Gasteiger partial charge in [0.1, 0.15) is 5.82 Å². The van der Waals surface area contributed by atoms with E-state index in [1.165, 1.54) is 16.6 Å². The van der Waals surface area contributed by atoms with Crippen molar-refractivity contribution in [3.05, 3.63) is 29.1 Å². The van der Waals surface area contributed by atoms with Crippen molar-refractivity contribution in [1.82, 2.24) is 9.55 Å². The molecule has 0 saturated carbocycles. The van der Waals surface area contributed by atoms with Gasteiger partial charge in [0.25, 0.3) is 0 Å². The average Bonchev–Trinajstić information content (AvgIpc) is 2.32. The number of benzene rings is 1. The fourth-order valence-corrected chi connectivity index (χ4v) is 1.75. The van der Waals surface area contributed by atoms with Crippen molar-refractivity contribution < 1.29 is 0 Å². The molecule has 2 nitrogen and oxygen atoms in total. The van der Waals surface area contributed by atoms with E-state index in [9.17, 15) is 0 Å². The van der Waals surface area contributed by atoms with Crippen molar-refractivity contribution >= 4 is 11.0 Å². The lowest BCUT2D eigenvalue weighted by Gasteiger charge is -1.99. The average molecular weight is 174 g/mol. The Kier molecular flexibility index (Phi) is 1.65. The van der Waals surface area contributed by atoms with Crippen LogP contribution in [-0.2, 0) is 7.05 Å². The molecule has 0 unspecified atom stereocenters. The van der Waals surface area contributed by atoms with E-state index < -0.39 is 0 Å². The lowest BCUT2D eigenvalue weighted by molar-refractivity contribution is 0.885. The summed E-state index contributed by atoms with van der Waals surface area (Å²) >= 11 is 0. The zero-order valence-electron chi connectivity index (χ0n) is 8.55. The van der Waals surface area contributed by atoms with Crippen molar-refractivity contribution in [1.29, 1.82) is 0 Å². The predicted molar refractivity (Wildman–Crippen MR) is 54.9 cm³/mol. The van der Waals surface area contributed by atoms with E-state index in [-0.39, 0.29) is 0 Å². The largest absolute Gasteiger partial charge is 0.331 e. The molecule has 2 rings (SSSR count). The lowest BCUT2D eigenvalue weighted by atomic mass is 10.1. The Labute approximate surface area is 78.2 Å². The predicted octanol–water partition coefficient (Wildman–Crippen LogP) is 2.50. The van der Waals surface area contributed by atoms with Gasteiger partial charge in [-0.05, 0) is 38.0 Å². The number of fused-ring (bicyclic) bond motifs is 1. The van der Waals surface area contributed by atoms with E-state index >= 15 is 0 Å². The van der Waals surface area contributed by atoms with Crippen LogP contribution in [0.2, 0.25) is 0 Å². The van der Waals surface area contributed by atoms with Crippen LogP contribution in [0, 0.1) is 20.8 Å². The second kappa shape index (κ2) is 2.59. The number of imidazole rings is 1. The number of rotatable bonds is 0. The molecule has 1 aromatic carbocycles. The minimum atomic E-state index is 1.07. The van der Waals surface area contributed by atoms with Gasteiger partial charge in [-0.2, -0.15) is 0 Å². The molecule has 2 heteroatoms. The summed E-state index contributed by atoms with van der Waals surface area (Å²) in [7, 11) is 2.06. The van der Waals surface area contributed by atoms with Gasteiger partial charge >= 0.3 is 0 Å². The van der Waals surface area contributed by atoms with Crippen molar-refractivity contribution in [3.8, 4) is 0 Å². The third-order valence-corrected chi connectivity index (χ3v) is 2.55. The zero-order valence-corrected chi connectivity index (χ0v) is 8.55. The smallest absolute Gasteiger partial charge is 0.106 e. The number of hydrogen-bond acceptors (Lipinski definition) is 1. The molecule has 13 heavy (non-hydrogen) atoms. The standard InChI is InChI=1S/C11H14N2/c1-7-5-8(2)11-10(6-7)13(4)9(3)12-11/h5-6H,1-4H3. The molecule has 0 saturated heterocycles. The molecular weight excluding hydrogens is 160 g/mol. The van der Waals surface area contributed by atoms with Gasteiger partial charge in [-0.3, -0.25) is 0 Å². The molecule has 0 atom stereocenters. The third-order valence-electron chi connectivity index (χ3n) is 2.55. The van der Waals surface area contributed by atoms with E-state index in [4.69, 9.17) is 0 Å². The number of aryl methyl sites for hydroxylation is 4. The minimum absolute atomic E-state index is 1.07. The van der Waals surface area contributed by atoms with Crippen LogP contribution in [-0.4, -0.2) is 9.55 Å². The van der Waals surface area contributed by atoms with Gasteiger partial charge in [-0.25, -0.2) is 4.98 Å². The van der Waals surface area contributed by atoms with Gasteiger partial charge in [0.05, 0.1) is 11.0 Å². The van der Waals surface area contributed by atoms with Crippen LogP contribution in [0.3, 0.4) is 0 Å². The van der Waals surface area contributed by atoms with Crippen molar-refractivity contribution in [2.75, 3.05) is 0 Å². The highest BCUT2D eigenvalue weighted by atomic mass is 15.0. The summed E-state index contributed by atoms with van der Waals surface area (Å²) < 4.78 is 2.13. The summed E-state index contributed by atoms with van der Waals surface area (Å²) in [6, 6.07) is 4.36. The highest BCUT2D eigenvalue weighted by Gasteiger charge is 2.06. The maximum Gasteiger partial charge on any atom is 0.106 e. The molecule has 0 radical (unpaired) electrons. The molecule has 2 aromatic rings. The van der Waals surface area contributed by atoms with E-state index in [2.05, 4.69) is 42.6 Å². The molecule has 0 bridgehead atoms. The zero-order chi connectivity index (χ0) is 9.59. The Morgan fingerprint density at radius 1 is 1.15 bits per heavy atom. The Balaban J connectivity index is 2.94. The molecule has 0 fully saturated rings. The Morgan fingerprint density at radius 3 is 2.54 bits per heavy atom. The highest BCUT2D eigenvalue weighted by Crippen LogP contribution is 2.20. The number of aromatic nitrogens is 2. The Bertz CT molecular complexity index is 466. The summed E-state index contributed by atoms with van der Waals surface area (Å²) in [5.41, 5.74) is 4.92. The molecule has 0 aliphatic carbocycles. The topological polar surface area (TPSA) is 17.8 Å². The quantitative estimate of drug-likeness (QED) is 0.600. The normalized spacial score (nSPS) is 11.1. The third kappa shape index (κ3) is 1.13. The van der Waals surface area contributed by atoms with Gasteiger partial charge in [0, 0.05) is 7.05 Å². The Hall–Kier alpha value is -1.31. The maximum atomic E-state index is 4.52. The number of nitrogens with zero attached hydrogens (tertiary/aromatic N) is 2. The molecule has 0 N–H and O–H groups in total. The molecule has 0 aliphatic heterocycles. The SMILES string of the molecule is Cc1cc(C)c2nc(C)n(C)c2c1. The van der Waals surface area contributed by atoms with E-state index in [1.54, 1.807) is 0 Å². The van der Waals surface area contributed by atoms with E-state index in [0.717, 1.165) is 11.3 Å². The first-order chi connectivity index (χ1) is 6.09. The van der Waals surface area contributed by atoms with Crippen LogP contribution in [0.15, 0.2) is 12.1 Å². The monoisotopic (exact) mass is 174 g/mol. The lowest BCUT2D eigenvalue weighted by Crippen LogP contribution is -1.90. The van der Waals surface area contributed by atoms with Crippen molar-refractivity contribution in [2.24, 2.45) is 7.05 Å². The molecule has 0 spiro atoms. The summed E-state index contributed by atoms with van der Waals surface area (Å²) in [6.07, 6.45) is 0. The van der Waals surface area contributed by atoms with Crippen LogP contribution in [0.4, 0.5) is 0 Å².